The molecule has 1 heterocycles. The Hall–Kier alpha value is -0.570. The van der Waals surface area contributed by atoms with Crippen LogP contribution in [0.25, 0.3) is 0 Å². The number of carbonyl (C=O) groups excluding carboxylic acids is 1. The van der Waals surface area contributed by atoms with Crippen molar-refractivity contribution in [2.75, 3.05) is 0 Å². The third-order valence-electron chi connectivity index (χ3n) is 3.82. The zero-order valence-corrected chi connectivity index (χ0v) is 11.8. The van der Waals surface area contributed by atoms with E-state index in [1.54, 1.807) is 0 Å². The SMILES string of the molecule is CCCCCC(O)[C@H]1O[C@H](O)[C@@](O)(C(C)=O)[C@@H](O)[C@@H]1O. The van der Waals surface area contributed by atoms with Gasteiger partial charge in [-0.15, -0.1) is 0 Å². The van der Waals surface area contributed by atoms with Crippen LogP contribution in [0.5, 0.6) is 0 Å². The highest BCUT2D eigenvalue weighted by Gasteiger charge is 2.58. The van der Waals surface area contributed by atoms with Crippen molar-refractivity contribution in [1.29, 1.82) is 0 Å². The van der Waals surface area contributed by atoms with Crippen molar-refractivity contribution >= 4 is 5.78 Å². The van der Waals surface area contributed by atoms with Crippen molar-refractivity contribution in [3.05, 3.63) is 0 Å². The minimum Gasteiger partial charge on any atom is -0.390 e. The summed E-state index contributed by atoms with van der Waals surface area (Å²) in [4.78, 5) is 11.4. The summed E-state index contributed by atoms with van der Waals surface area (Å²) in [6.07, 6.45) is -5.06. The zero-order chi connectivity index (χ0) is 15.5. The minimum absolute atomic E-state index is 0.327. The first-order valence-corrected chi connectivity index (χ1v) is 6.87. The molecule has 1 aliphatic rings. The molecule has 0 bridgehead atoms. The van der Waals surface area contributed by atoms with Crippen LogP contribution in [0, 0.1) is 0 Å². The maximum absolute atomic E-state index is 11.4. The predicted molar refractivity (Wildman–Crippen MR) is 68.7 cm³/mol. The quantitative estimate of drug-likeness (QED) is 0.384. The number of aliphatic hydroxyl groups excluding tert-OH is 4. The first-order valence-electron chi connectivity index (χ1n) is 6.87. The van der Waals surface area contributed by atoms with Crippen LogP contribution in [0.15, 0.2) is 0 Å². The standard InChI is InChI=1S/C13H24O7/c1-3-4-5-6-8(15)10-9(16)11(17)13(19,7(2)14)12(18)20-10/h8-12,15-19H,3-6H2,1-2H3/t8?,9-,10-,11+,12+,13-/m1/s1. The van der Waals surface area contributed by atoms with Gasteiger partial charge < -0.3 is 30.3 Å². The van der Waals surface area contributed by atoms with Crippen molar-refractivity contribution in [3.63, 3.8) is 0 Å². The Morgan fingerprint density at radius 1 is 1.30 bits per heavy atom. The Bertz CT molecular complexity index is 335. The molecule has 7 heteroatoms. The molecular formula is C13H24O7. The second-order valence-corrected chi connectivity index (χ2v) is 5.33. The number of hydrogen-bond acceptors (Lipinski definition) is 7. The molecule has 118 valence electrons. The van der Waals surface area contributed by atoms with E-state index < -0.39 is 42.1 Å². The lowest BCUT2D eigenvalue weighted by Gasteiger charge is -2.46. The number of hydrogen-bond donors (Lipinski definition) is 5. The van der Waals surface area contributed by atoms with Crippen LogP contribution >= 0.6 is 0 Å². The van der Waals surface area contributed by atoms with E-state index in [2.05, 4.69) is 0 Å². The molecule has 1 fully saturated rings. The van der Waals surface area contributed by atoms with Gasteiger partial charge in [-0.2, -0.15) is 0 Å². The fourth-order valence-electron chi connectivity index (χ4n) is 2.39. The van der Waals surface area contributed by atoms with E-state index in [0.29, 0.717) is 12.8 Å². The Morgan fingerprint density at radius 3 is 2.40 bits per heavy atom. The second kappa shape index (κ2) is 6.93. The smallest absolute Gasteiger partial charge is 0.202 e. The molecule has 0 aliphatic carbocycles. The van der Waals surface area contributed by atoms with Gasteiger partial charge in [-0.05, 0) is 13.3 Å². The lowest BCUT2D eigenvalue weighted by molar-refractivity contribution is -0.324. The molecular weight excluding hydrogens is 268 g/mol. The summed E-state index contributed by atoms with van der Waals surface area (Å²) in [5.41, 5.74) is -2.58. The van der Waals surface area contributed by atoms with E-state index in [0.717, 1.165) is 19.8 Å². The van der Waals surface area contributed by atoms with Crippen molar-refractivity contribution < 1.29 is 35.1 Å². The highest BCUT2D eigenvalue weighted by atomic mass is 16.6. The topological polar surface area (TPSA) is 127 Å². The molecule has 0 amide bonds. The fraction of sp³-hybridized carbons (Fsp3) is 0.923. The van der Waals surface area contributed by atoms with Gasteiger partial charge in [0.25, 0.3) is 0 Å². The first-order chi connectivity index (χ1) is 9.26. The van der Waals surface area contributed by atoms with Gasteiger partial charge in [0.15, 0.2) is 12.1 Å². The Kier molecular flexibility index (Phi) is 6.06. The van der Waals surface area contributed by atoms with E-state index in [-0.39, 0.29) is 0 Å². The maximum Gasteiger partial charge on any atom is 0.202 e. The number of Topliss-reactive ketones (excluding diaryl/α,β-unsaturated/α-hetero) is 1. The summed E-state index contributed by atoms with van der Waals surface area (Å²) in [6.45, 7) is 2.97. The number of aliphatic hydroxyl groups is 5. The second-order valence-electron chi connectivity index (χ2n) is 5.33. The van der Waals surface area contributed by atoms with Gasteiger partial charge >= 0.3 is 0 Å². The molecule has 0 aromatic rings. The summed E-state index contributed by atoms with van der Waals surface area (Å²) < 4.78 is 4.96. The van der Waals surface area contributed by atoms with Crippen LogP contribution < -0.4 is 0 Å². The zero-order valence-electron chi connectivity index (χ0n) is 11.8. The van der Waals surface area contributed by atoms with Crippen LogP contribution in [0.3, 0.4) is 0 Å². The molecule has 7 nitrogen and oxygen atoms in total. The van der Waals surface area contributed by atoms with Crippen molar-refractivity contribution in [3.8, 4) is 0 Å². The highest BCUT2D eigenvalue weighted by Crippen LogP contribution is 2.31. The molecule has 5 N–H and O–H groups in total. The number of unbranched alkanes of at least 4 members (excludes halogenated alkanes) is 2. The largest absolute Gasteiger partial charge is 0.390 e. The van der Waals surface area contributed by atoms with Gasteiger partial charge in [0.1, 0.15) is 18.3 Å². The molecule has 1 unspecified atom stereocenters. The maximum atomic E-state index is 11.4. The van der Waals surface area contributed by atoms with Crippen molar-refractivity contribution in [1.82, 2.24) is 0 Å². The molecule has 0 aromatic carbocycles. The van der Waals surface area contributed by atoms with E-state index in [9.17, 15) is 30.3 Å². The van der Waals surface area contributed by atoms with Gasteiger partial charge in [0.2, 0.25) is 5.60 Å². The number of carbonyl (C=O) groups is 1. The normalized spacial score (nSPS) is 39.5. The number of ketones is 1. The first kappa shape index (κ1) is 17.5. The molecule has 1 saturated heterocycles. The van der Waals surface area contributed by atoms with E-state index in [4.69, 9.17) is 4.74 Å². The molecule has 20 heavy (non-hydrogen) atoms. The monoisotopic (exact) mass is 292 g/mol. The number of rotatable bonds is 6. The van der Waals surface area contributed by atoms with Gasteiger partial charge in [-0.3, -0.25) is 4.79 Å². The third kappa shape index (κ3) is 3.19. The van der Waals surface area contributed by atoms with Gasteiger partial charge in [0.05, 0.1) is 6.10 Å². The summed E-state index contributed by atoms with van der Waals surface area (Å²) in [7, 11) is 0. The Labute approximate surface area is 117 Å². The van der Waals surface area contributed by atoms with E-state index in [1.165, 1.54) is 0 Å². The lowest BCUT2D eigenvalue weighted by atomic mass is 9.82. The average Bonchev–Trinajstić information content (AvgIpc) is 2.40. The third-order valence-corrected chi connectivity index (χ3v) is 3.82. The van der Waals surface area contributed by atoms with E-state index in [1.807, 2.05) is 6.92 Å². The lowest BCUT2D eigenvalue weighted by Crippen LogP contribution is -2.70. The molecule has 1 rings (SSSR count). The fourth-order valence-corrected chi connectivity index (χ4v) is 2.39. The summed E-state index contributed by atoms with van der Waals surface area (Å²) in [5.74, 6) is -0.921. The molecule has 0 spiro atoms. The van der Waals surface area contributed by atoms with Crippen LogP contribution in [0.2, 0.25) is 0 Å². The molecule has 1 aliphatic heterocycles. The van der Waals surface area contributed by atoms with Gasteiger partial charge in [0, 0.05) is 0 Å². The number of ether oxygens (including phenoxy) is 1. The van der Waals surface area contributed by atoms with Crippen LogP contribution in [-0.4, -0.2) is 67.6 Å². The minimum atomic E-state index is -2.58. The van der Waals surface area contributed by atoms with Gasteiger partial charge in [-0.1, -0.05) is 26.2 Å². The summed E-state index contributed by atoms with van der Waals surface area (Å²) in [5, 5.41) is 49.4. The molecule has 0 radical (unpaired) electrons. The highest BCUT2D eigenvalue weighted by molar-refractivity contribution is 5.86. The van der Waals surface area contributed by atoms with Crippen LogP contribution in [-0.2, 0) is 9.53 Å². The molecule has 6 atom stereocenters. The van der Waals surface area contributed by atoms with Crippen molar-refractivity contribution in [2.24, 2.45) is 0 Å². The summed E-state index contributed by atoms with van der Waals surface area (Å²) in [6, 6.07) is 0. The molecule has 0 aromatic heterocycles. The van der Waals surface area contributed by atoms with Crippen molar-refractivity contribution in [2.45, 2.75) is 75.8 Å². The van der Waals surface area contributed by atoms with Gasteiger partial charge in [-0.25, -0.2) is 0 Å². The molecule has 0 saturated carbocycles. The Morgan fingerprint density at radius 2 is 1.90 bits per heavy atom. The summed E-state index contributed by atoms with van der Waals surface area (Å²) >= 11 is 0. The Balaban J connectivity index is 2.77. The predicted octanol–water partition coefficient (Wildman–Crippen LogP) is -1.31. The van der Waals surface area contributed by atoms with Crippen LogP contribution in [0.1, 0.15) is 39.5 Å². The average molecular weight is 292 g/mol. The van der Waals surface area contributed by atoms with Crippen LogP contribution in [0.4, 0.5) is 0 Å². The van der Waals surface area contributed by atoms with E-state index >= 15 is 0 Å².